The van der Waals surface area contributed by atoms with Crippen molar-refractivity contribution in [2.75, 3.05) is 6.67 Å². The molecule has 0 unspecified atom stereocenters. The van der Waals surface area contributed by atoms with Gasteiger partial charge in [-0.25, -0.2) is 0 Å². The number of rotatable bonds is 4. The summed E-state index contributed by atoms with van der Waals surface area (Å²) in [5.74, 6) is -0.728. The number of hydrogen-bond donors (Lipinski definition) is 1. The topological polar surface area (TPSA) is 37.3 Å². The van der Waals surface area contributed by atoms with E-state index in [-0.39, 0.29) is 6.67 Å². The molecule has 0 saturated heterocycles. The molecule has 0 bridgehead atoms. The molecule has 1 aliphatic rings. The van der Waals surface area contributed by atoms with Crippen molar-refractivity contribution >= 4 is 5.97 Å². The Balaban J connectivity index is 2.28. The Kier molecular flexibility index (Phi) is 3.46. The van der Waals surface area contributed by atoms with Gasteiger partial charge in [0.15, 0.2) is 0 Å². The molecule has 0 radical (unpaired) electrons. The van der Waals surface area contributed by atoms with Gasteiger partial charge in [0.05, 0.1) is 12.1 Å². The van der Waals surface area contributed by atoms with Gasteiger partial charge in [-0.2, -0.15) is 0 Å². The molecule has 1 fully saturated rings. The Labute approximate surface area is 100 Å². The number of aryl methyl sites for hydroxylation is 1. The number of halogens is 1. The first-order chi connectivity index (χ1) is 8.19. The Morgan fingerprint density at radius 3 is 2.29 bits per heavy atom. The molecule has 1 aromatic carbocycles. The van der Waals surface area contributed by atoms with Crippen LogP contribution in [0.1, 0.15) is 36.8 Å². The normalized spacial score (nSPS) is 18.2. The van der Waals surface area contributed by atoms with Crippen LogP contribution in [0, 0.1) is 0 Å². The molecule has 0 amide bonds. The SMILES string of the molecule is O=C(O)C1(c2ccc(CCF)cc2)CCCC1. The minimum absolute atomic E-state index is 0.372. The average Bonchev–Trinajstić information content (AvgIpc) is 2.81. The van der Waals surface area contributed by atoms with Crippen molar-refractivity contribution in [1.82, 2.24) is 0 Å². The van der Waals surface area contributed by atoms with Crippen molar-refractivity contribution in [2.24, 2.45) is 0 Å². The van der Waals surface area contributed by atoms with Crippen LogP contribution >= 0.6 is 0 Å². The Morgan fingerprint density at radius 2 is 1.82 bits per heavy atom. The van der Waals surface area contributed by atoms with Gasteiger partial charge >= 0.3 is 5.97 Å². The number of alkyl halides is 1. The number of aliphatic carboxylic acids is 1. The smallest absolute Gasteiger partial charge is 0.314 e. The van der Waals surface area contributed by atoms with Crippen LogP contribution in [0.5, 0.6) is 0 Å². The first kappa shape index (κ1) is 12.1. The van der Waals surface area contributed by atoms with E-state index >= 15 is 0 Å². The van der Waals surface area contributed by atoms with Gasteiger partial charge in [-0.15, -0.1) is 0 Å². The van der Waals surface area contributed by atoms with Crippen molar-refractivity contribution in [3.63, 3.8) is 0 Å². The zero-order valence-corrected chi connectivity index (χ0v) is 9.79. The predicted molar refractivity (Wildman–Crippen MR) is 63.9 cm³/mol. The maximum absolute atomic E-state index is 12.2. The van der Waals surface area contributed by atoms with E-state index in [9.17, 15) is 14.3 Å². The third-order valence-corrected chi connectivity index (χ3v) is 3.76. The second kappa shape index (κ2) is 4.86. The summed E-state index contributed by atoms with van der Waals surface area (Å²) in [5.41, 5.74) is 1.09. The molecule has 3 heteroatoms. The molecule has 0 aromatic heterocycles. The molecule has 1 saturated carbocycles. The maximum Gasteiger partial charge on any atom is 0.314 e. The highest BCUT2D eigenvalue weighted by Gasteiger charge is 2.42. The summed E-state index contributed by atoms with van der Waals surface area (Å²) in [7, 11) is 0. The maximum atomic E-state index is 12.2. The lowest BCUT2D eigenvalue weighted by Crippen LogP contribution is -2.32. The molecule has 1 aromatic rings. The second-order valence-electron chi connectivity index (χ2n) is 4.73. The number of carbonyl (C=O) groups is 1. The van der Waals surface area contributed by atoms with Crippen molar-refractivity contribution in [3.8, 4) is 0 Å². The first-order valence-corrected chi connectivity index (χ1v) is 6.08. The monoisotopic (exact) mass is 236 g/mol. The molecule has 0 aliphatic heterocycles. The van der Waals surface area contributed by atoms with Crippen LogP contribution in [0.3, 0.4) is 0 Å². The molecule has 1 aliphatic carbocycles. The standard InChI is InChI=1S/C14H17FO2/c15-10-7-11-3-5-12(6-4-11)14(13(16)17)8-1-2-9-14/h3-6H,1-2,7-10H2,(H,16,17). The third kappa shape index (κ3) is 2.19. The quantitative estimate of drug-likeness (QED) is 0.872. The van der Waals surface area contributed by atoms with Crippen LogP contribution in [0.15, 0.2) is 24.3 Å². The zero-order chi connectivity index (χ0) is 12.3. The fraction of sp³-hybridized carbons (Fsp3) is 0.500. The fourth-order valence-corrected chi connectivity index (χ4v) is 2.70. The van der Waals surface area contributed by atoms with Gasteiger partial charge in [0.2, 0.25) is 0 Å². The van der Waals surface area contributed by atoms with Gasteiger partial charge in [-0.3, -0.25) is 9.18 Å². The lowest BCUT2D eigenvalue weighted by atomic mass is 9.79. The molecule has 0 atom stereocenters. The second-order valence-corrected chi connectivity index (χ2v) is 4.73. The highest BCUT2D eigenvalue weighted by Crippen LogP contribution is 2.41. The fourth-order valence-electron chi connectivity index (χ4n) is 2.70. The number of carboxylic acid groups (broad SMARTS) is 1. The minimum atomic E-state index is -0.728. The molecule has 1 N–H and O–H groups in total. The van der Waals surface area contributed by atoms with Crippen LogP contribution in [-0.4, -0.2) is 17.8 Å². The van der Waals surface area contributed by atoms with E-state index in [0.29, 0.717) is 19.3 Å². The molecule has 0 spiro atoms. The summed E-state index contributed by atoms with van der Waals surface area (Å²) in [6.45, 7) is -0.372. The van der Waals surface area contributed by atoms with Gasteiger partial charge < -0.3 is 5.11 Å². The van der Waals surface area contributed by atoms with Crippen LogP contribution in [0.4, 0.5) is 4.39 Å². The van der Waals surface area contributed by atoms with Crippen LogP contribution < -0.4 is 0 Å². The van der Waals surface area contributed by atoms with Crippen LogP contribution in [0.2, 0.25) is 0 Å². The van der Waals surface area contributed by atoms with Gasteiger partial charge in [-0.1, -0.05) is 37.1 Å². The summed E-state index contributed by atoms with van der Waals surface area (Å²) in [6, 6.07) is 7.39. The van der Waals surface area contributed by atoms with E-state index in [1.165, 1.54) is 0 Å². The van der Waals surface area contributed by atoms with Crippen LogP contribution in [0.25, 0.3) is 0 Å². The van der Waals surface area contributed by atoms with E-state index in [1.807, 2.05) is 24.3 Å². The van der Waals surface area contributed by atoms with E-state index < -0.39 is 11.4 Å². The lowest BCUT2D eigenvalue weighted by Gasteiger charge is -2.24. The number of hydrogen-bond acceptors (Lipinski definition) is 1. The zero-order valence-electron chi connectivity index (χ0n) is 9.79. The van der Waals surface area contributed by atoms with E-state index in [1.54, 1.807) is 0 Å². The molecular weight excluding hydrogens is 219 g/mol. The Bertz CT molecular complexity index is 391. The molecule has 0 heterocycles. The van der Waals surface area contributed by atoms with E-state index in [4.69, 9.17) is 0 Å². The van der Waals surface area contributed by atoms with E-state index in [2.05, 4.69) is 0 Å². The highest BCUT2D eigenvalue weighted by atomic mass is 19.1. The van der Waals surface area contributed by atoms with E-state index in [0.717, 1.165) is 24.0 Å². The molecule has 2 rings (SSSR count). The number of benzene rings is 1. The predicted octanol–water partition coefficient (Wildman–Crippen LogP) is 3.10. The summed E-state index contributed by atoms with van der Waals surface area (Å²) < 4.78 is 12.2. The van der Waals surface area contributed by atoms with Crippen molar-refractivity contribution in [2.45, 2.75) is 37.5 Å². The number of carboxylic acids is 1. The summed E-state index contributed by atoms with van der Waals surface area (Å²) in [5, 5.41) is 9.43. The van der Waals surface area contributed by atoms with Gasteiger partial charge in [0, 0.05) is 6.42 Å². The largest absolute Gasteiger partial charge is 0.481 e. The summed E-state index contributed by atoms with van der Waals surface area (Å²) in [4.78, 5) is 11.5. The molecular formula is C14H17FO2. The Hall–Kier alpha value is -1.38. The highest BCUT2D eigenvalue weighted by molar-refractivity contribution is 5.81. The summed E-state index contributed by atoms with van der Waals surface area (Å²) in [6.07, 6.45) is 3.77. The van der Waals surface area contributed by atoms with Gasteiger partial charge in [-0.05, 0) is 24.0 Å². The van der Waals surface area contributed by atoms with Gasteiger partial charge in [0.25, 0.3) is 0 Å². The molecule has 2 nitrogen and oxygen atoms in total. The van der Waals surface area contributed by atoms with Gasteiger partial charge in [0.1, 0.15) is 0 Å². The van der Waals surface area contributed by atoms with Crippen LogP contribution in [-0.2, 0) is 16.6 Å². The Morgan fingerprint density at radius 1 is 1.24 bits per heavy atom. The third-order valence-electron chi connectivity index (χ3n) is 3.76. The minimum Gasteiger partial charge on any atom is -0.481 e. The molecule has 92 valence electrons. The van der Waals surface area contributed by atoms with Crippen molar-refractivity contribution < 1.29 is 14.3 Å². The molecule has 17 heavy (non-hydrogen) atoms. The lowest BCUT2D eigenvalue weighted by molar-refractivity contribution is -0.143. The van der Waals surface area contributed by atoms with Crippen molar-refractivity contribution in [3.05, 3.63) is 35.4 Å². The average molecular weight is 236 g/mol. The first-order valence-electron chi connectivity index (χ1n) is 6.08. The van der Waals surface area contributed by atoms with Crippen molar-refractivity contribution in [1.29, 1.82) is 0 Å². The summed E-state index contributed by atoms with van der Waals surface area (Å²) >= 11 is 0.